The van der Waals surface area contributed by atoms with E-state index >= 15 is 0 Å². The highest BCUT2D eigenvalue weighted by Crippen LogP contribution is 2.36. The maximum Gasteiger partial charge on any atom is 0.416 e. The van der Waals surface area contributed by atoms with Crippen LogP contribution in [-0.2, 0) is 6.18 Å². The minimum atomic E-state index is -4.39. The van der Waals surface area contributed by atoms with E-state index in [4.69, 9.17) is 0 Å². The molecule has 0 radical (unpaired) electrons. The predicted octanol–water partition coefficient (Wildman–Crippen LogP) is 5.30. The zero-order chi connectivity index (χ0) is 22.2. The van der Waals surface area contributed by atoms with Crippen LogP contribution in [-0.4, -0.2) is 28.3 Å². The molecule has 164 valence electrons. The molecule has 3 aromatic rings. The average molecular weight is 429 g/mol. The summed E-state index contributed by atoms with van der Waals surface area (Å²) in [6.07, 6.45) is -0.373. The maximum absolute atomic E-state index is 13.3. The van der Waals surface area contributed by atoms with Gasteiger partial charge in [-0.1, -0.05) is 12.1 Å². The van der Waals surface area contributed by atoms with Gasteiger partial charge in [-0.15, -0.1) is 5.10 Å². The molecule has 8 heteroatoms. The van der Waals surface area contributed by atoms with Crippen LogP contribution < -0.4 is 10.6 Å². The number of fused-ring (bicyclic) bond motifs is 1. The van der Waals surface area contributed by atoms with Crippen molar-refractivity contribution in [3.8, 4) is 0 Å². The molecule has 3 heterocycles. The van der Waals surface area contributed by atoms with Crippen molar-refractivity contribution >= 4 is 16.7 Å². The summed E-state index contributed by atoms with van der Waals surface area (Å²) in [7, 11) is 0. The van der Waals surface area contributed by atoms with E-state index in [1.165, 1.54) is 13.0 Å². The second-order valence-electron chi connectivity index (χ2n) is 8.21. The first-order chi connectivity index (χ1) is 14.8. The van der Waals surface area contributed by atoms with Crippen LogP contribution in [0.1, 0.15) is 59.7 Å². The lowest BCUT2D eigenvalue weighted by Gasteiger charge is -2.24. The first kappa shape index (κ1) is 21.5. The van der Waals surface area contributed by atoms with Gasteiger partial charge in [0.05, 0.1) is 22.8 Å². The third-order valence-electron chi connectivity index (χ3n) is 6.12. The van der Waals surface area contributed by atoms with E-state index in [2.05, 4.69) is 31.9 Å². The van der Waals surface area contributed by atoms with Gasteiger partial charge in [0, 0.05) is 11.6 Å². The van der Waals surface area contributed by atoms with Gasteiger partial charge in [0.15, 0.2) is 5.82 Å². The van der Waals surface area contributed by atoms with Crippen molar-refractivity contribution in [3.63, 3.8) is 0 Å². The predicted molar refractivity (Wildman–Crippen MR) is 115 cm³/mol. The summed E-state index contributed by atoms with van der Waals surface area (Å²) < 4.78 is 40.0. The Labute approximate surface area is 179 Å². The Morgan fingerprint density at radius 3 is 2.58 bits per heavy atom. The van der Waals surface area contributed by atoms with Crippen LogP contribution in [0.5, 0.6) is 0 Å². The molecule has 2 aromatic heterocycles. The SMILES string of the molecule is Cc1c([C@@H](C)Nc2nnc(C)c3ncc(C4CCNCC4)cc23)cccc1C(F)(F)F. The van der Waals surface area contributed by atoms with E-state index in [0.29, 0.717) is 17.3 Å². The van der Waals surface area contributed by atoms with Gasteiger partial charge in [-0.2, -0.15) is 18.3 Å². The number of halogens is 3. The van der Waals surface area contributed by atoms with Gasteiger partial charge >= 0.3 is 6.18 Å². The Bertz CT molecular complexity index is 1090. The van der Waals surface area contributed by atoms with Crippen molar-refractivity contribution in [1.82, 2.24) is 20.5 Å². The lowest BCUT2D eigenvalue weighted by molar-refractivity contribution is -0.138. The van der Waals surface area contributed by atoms with Gasteiger partial charge in [-0.3, -0.25) is 4.98 Å². The minimum Gasteiger partial charge on any atom is -0.361 e. The van der Waals surface area contributed by atoms with Crippen LogP contribution >= 0.6 is 0 Å². The summed E-state index contributed by atoms with van der Waals surface area (Å²) in [6.45, 7) is 7.16. The topological polar surface area (TPSA) is 62.7 Å². The Morgan fingerprint density at radius 1 is 1.13 bits per heavy atom. The number of anilines is 1. The van der Waals surface area contributed by atoms with E-state index < -0.39 is 11.7 Å². The van der Waals surface area contributed by atoms with Gasteiger partial charge in [0.1, 0.15) is 0 Å². The molecule has 0 amide bonds. The highest BCUT2D eigenvalue weighted by Gasteiger charge is 2.33. The summed E-state index contributed by atoms with van der Waals surface area (Å²) in [4.78, 5) is 4.65. The lowest BCUT2D eigenvalue weighted by Crippen LogP contribution is -2.26. The molecule has 0 bridgehead atoms. The van der Waals surface area contributed by atoms with E-state index in [1.807, 2.05) is 20.0 Å². The second-order valence-corrected chi connectivity index (χ2v) is 8.21. The summed E-state index contributed by atoms with van der Waals surface area (Å²) in [5.41, 5.74) is 2.81. The van der Waals surface area contributed by atoms with E-state index in [1.54, 1.807) is 6.07 Å². The number of aromatic nitrogens is 3. The molecule has 1 saturated heterocycles. The second kappa shape index (κ2) is 8.42. The monoisotopic (exact) mass is 429 g/mol. The molecule has 1 aliphatic heterocycles. The number of aryl methyl sites for hydroxylation is 1. The number of hydrogen-bond donors (Lipinski definition) is 2. The first-order valence-corrected chi connectivity index (χ1v) is 10.5. The fourth-order valence-corrected chi connectivity index (χ4v) is 4.37. The van der Waals surface area contributed by atoms with E-state index in [9.17, 15) is 13.2 Å². The zero-order valence-electron chi connectivity index (χ0n) is 17.8. The summed E-state index contributed by atoms with van der Waals surface area (Å²) in [5, 5.41) is 16.0. The fraction of sp³-hybridized carbons (Fsp3) is 0.435. The molecule has 0 spiro atoms. The summed E-state index contributed by atoms with van der Waals surface area (Å²) in [5.74, 6) is 0.968. The first-order valence-electron chi connectivity index (χ1n) is 10.5. The molecule has 1 aromatic carbocycles. The maximum atomic E-state index is 13.3. The molecule has 0 saturated carbocycles. The largest absolute Gasteiger partial charge is 0.416 e. The molecule has 4 rings (SSSR count). The van der Waals surface area contributed by atoms with Crippen LogP contribution in [0.3, 0.4) is 0 Å². The Kier molecular flexibility index (Phi) is 5.83. The molecular weight excluding hydrogens is 403 g/mol. The van der Waals surface area contributed by atoms with Gasteiger partial charge in [-0.05, 0) is 81.4 Å². The number of rotatable bonds is 4. The molecule has 2 N–H and O–H groups in total. The number of alkyl halides is 3. The number of nitrogens with zero attached hydrogens (tertiary/aromatic N) is 3. The minimum absolute atomic E-state index is 0.216. The molecular formula is C23H26F3N5. The van der Waals surface area contributed by atoms with Gasteiger partial charge < -0.3 is 10.6 Å². The number of nitrogens with one attached hydrogen (secondary N) is 2. The third-order valence-corrected chi connectivity index (χ3v) is 6.12. The molecule has 1 aliphatic rings. The fourth-order valence-electron chi connectivity index (χ4n) is 4.37. The highest BCUT2D eigenvalue weighted by atomic mass is 19.4. The van der Waals surface area contributed by atoms with Crippen LogP contribution in [0.15, 0.2) is 30.5 Å². The molecule has 0 aliphatic carbocycles. The van der Waals surface area contributed by atoms with Crippen molar-refractivity contribution in [2.75, 3.05) is 18.4 Å². The van der Waals surface area contributed by atoms with Crippen molar-refractivity contribution in [2.45, 2.75) is 51.7 Å². The van der Waals surface area contributed by atoms with E-state index in [-0.39, 0.29) is 11.6 Å². The molecule has 1 fully saturated rings. The van der Waals surface area contributed by atoms with Crippen molar-refractivity contribution in [2.24, 2.45) is 0 Å². The van der Waals surface area contributed by atoms with E-state index in [0.717, 1.165) is 54.2 Å². The highest BCUT2D eigenvalue weighted by molar-refractivity contribution is 5.90. The van der Waals surface area contributed by atoms with Crippen LogP contribution in [0.2, 0.25) is 0 Å². The van der Waals surface area contributed by atoms with Gasteiger partial charge in [0.25, 0.3) is 0 Å². The average Bonchev–Trinajstić information content (AvgIpc) is 2.75. The van der Waals surface area contributed by atoms with Crippen LogP contribution in [0.4, 0.5) is 19.0 Å². The number of hydrogen-bond acceptors (Lipinski definition) is 5. The molecule has 31 heavy (non-hydrogen) atoms. The normalized spacial score (nSPS) is 16.5. The smallest absolute Gasteiger partial charge is 0.361 e. The van der Waals surface area contributed by atoms with Crippen LogP contribution in [0.25, 0.3) is 10.9 Å². The molecule has 5 nitrogen and oxygen atoms in total. The Morgan fingerprint density at radius 2 is 1.87 bits per heavy atom. The number of piperidine rings is 1. The summed E-state index contributed by atoms with van der Waals surface area (Å²) in [6, 6.07) is 5.99. The van der Waals surface area contributed by atoms with Crippen molar-refractivity contribution in [1.29, 1.82) is 0 Å². The summed E-state index contributed by atoms with van der Waals surface area (Å²) >= 11 is 0. The molecule has 1 atom stereocenters. The van der Waals surface area contributed by atoms with Crippen LogP contribution in [0, 0.1) is 13.8 Å². The van der Waals surface area contributed by atoms with Crippen molar-refractivity contribution < 1.29 is 13.2 Å². The van der Waals surface area contributed by atoms with Gasteiger partial charge in [0.2, 0.25) is 0 Å². The zero-order valence-corrected chi connectivity index (χ0v) is 17.8. The number of pyridine rings is 1. The standard InChI is InChI=1S/C23H26F3N5/c1-13-18(5-4-6-20(13)23(24,25)26)14(2)29-22-19-11-17(16-7-9-27-10-8-16)12-28-21(19)15(3)30-31-22/h4-6,11-12,14,16,27H,7-10H2,1-3H3,(H,29,31)/t14-/m1/s1. The quantitative estimate of drug-likeness (QED) is 0.589. The number of benzene rings is 1. The molecule has 0 unspecified atom stereocenters. The van der Waals surface area contributed by atoms with Crippen molar-refractivity contribution in [3.05, 3.63) is 58.4 Å². The third kappa shape index (κ3) is 4.35. The lowest BCUT2D eigenvalue weighted by atomic mass is 9.90. The Balaban J connectivity index is 1.70. The Hall–Kier alpha value is -2.74. The van der Waals surface area contributed by atoms with Gasteiger partial charge in [-0.25, -0.2) is 0 Å².